The molecule has 33 heavy (non-hydrogen) atoms. The number of rotatable bonds is 5. The highest BCUT2D eigenvalue weighted by atomic mass is 32.2. The lowest BCUT2D eigenvalue weighted by Gasteiger charge is -2.33. The smallest absolute Gasteiger partial charge is 0.444 e. The van der Waals surface area contributed by atoms with E-state index in [4.69, 9.17) is 14.0 Å². The van der Waals surface area contributed by atoms with Gasteiger partial charge in [0.15, 0.2) is 0 Å². The van der Waals surface area contributed by atoms with Crippen molar-refractivity contribution in [1.82, 2.24) is 14.9 Å². The van der Waals surface area contributed by atoms with E-state index >= 15 is 0 Å². The molecule has 0 spiro atoms. The molecule has 1 aromatic rings. The van der Waals surface area contributed by atoms with Crippen LogP contribution in [-0.2, 0) is 23.9 Å². The third-order valence-corrected chi connectivity index (χ3v) is 8.05. The minimum Gasteiger partial charge on any atom is -0.444 e. The van der Waals surface area contributed by atoms with Crippen LogP contribution in [0.3, 0.4) is 0 Å². The molecule has 0 bridgehead atoms. The molecule has 0 unspecified atom stereocenters. The summed E-state index contributed by atoms with van der Waals surface area (Å²) in [7, 11) is -4.25. The van der Waals surface area contributed by atoms with Crippen molar-refractivity contribution in [2.24, 2.45) is 5.92 Å². The van der Waals surface area contributed by atoms with E-state index in [1.807, 2.05) is 48.5 Å². The second-order valence-electron chi connectivity index (χ2n) is 10.9. The molecule has 9 nitrogen and oxygen atoms in total. The number of nitrogens with zero attached hydrogens (tertiary/aromatic N) is 3. The van der Waals surface area contributed by atoms with Gasteiger partial charge in [0.1, 0.15) is 5.60 Å². The summed E-state index contributed by atoms with van der Waals surface area (Å²) in [5, 5.41) is -0.186. The van der Waals surface area contributed by atoms with Gasteiger partial charge < -0.3 is 18.9 Å². The fourth-order valence-corrected chi connectivity index (χ4v) is 4.98. The predicted molar refractivity (Wildman–Crippen MR) is 125 cm³/mol. The molecule has 0 saturated carbocycles. The summed E-state index contributed by atoms with van der Waals surface area (Å²) in [5.74, 6) is 0.197. The quantitative estimate of drug-likeness (QED) is 0.467. The predicted octanol–water partition coefficient (Wildman–Crippen LogP) is 2.59. The Morgan fingerprint density at radius 3 is 2.12 bits per heavy atom. The number of amides is 1. The molecule has 2 saturated heterocycles. The number of carbonyl (C=O) groups excluding carboxylic acids is 1. The monoisotopic (exact) mass is 481 g/mol. The summed E-state index contributed by atoms with van der Waals surface area (Å²) in [6, 6.07) is 0. The number of likely N-dealkylation sites (tertiary alicyclic amines) is 1. The second kappa shape index (κ2) is 9.15. The molecule has 0 radical (unpaired) electrons. The van der Waals surface area contributed by atoms with E-state index in [-0.39, 0.29) is 22.9 Å². The van der Waals surface area contributed by atoms with E-state index in [1.165, 1.54) is 12.4 Å². The van der Waals surface area contributed by atoms with Gasteiger partial charge in [-0.1, -0.05) is 0 Å². The van der Waals surface area contributed by atoms with Crippen LogP contribution < -0.4 is 5.46 Å². The fraction of sp³-hybridized carbons (Fsp3) is 0.773. The van der Waals surface area contributed by atoms with Crippen LogP contribution in [0.2, 0.25) is 0 Å². The first-order valence-corrected chi connectivity index (χ1v) is 13.1. The van der Waals surface area contributed by atoms with E-state index in [2.05, 4.69) is 9.97 Å². The third kappa shape index (κ3) is 6.25. The van der Waals surface area contributed by atoms with Crippen molar-refractivity contribution >= 4 is 28.5 Å². The van der Waals surface area contributed by atoms with Crippen LogP contribution in [0.15, 0.2) is 17.6 Å². The largest absolute Gasteiger partial charge is 0.498 e. The van der Waals surface area contributed by atoms with Crippen molar-refractivity contribution in [3.8, 4) is 0 Å². The molecule has 3 rings (SSSR count). The van der Waals surface area contributed by atoms with E-state index in [0.717, 1.165) is 12.8 Å². The highest BCUT2D eigenvalue weighted by Crippen LogP contribution is 2.36. The summed E-state index contributed by atoms with van der Waals surface area (Å²) >= 11 is 0. The Hall–Kier alpha value is -1.72. The summed E-state index contributed by atoms with van der Waals surface area (Å²) in [4.78, 5) is 22.1. The molecule has 0 N–H and O–H groups in total. The van der Waals surface area contributed by atoms with Gasteiger partial charge in [-0.3, -0.25) is 0 Å². The van der Waals surface area contributed by atoms with Crippen molar-refractivity contribution < 1.29 is 27.3 Å². The molecule has 1 amide bonds. The maximum Gasteiger partial charge on any atom is 0.498 e. The van der Waals surface area contributed by atoms with Gasteiger partial charge >= 0.3 is 13.2 Å². The first-order chi connectivity index (χ1) is 15.1. The number of carbonyl (C=O) groups is 1. The van der Waals surface area contributed by atoms with Gasteiger partial charge in [0.05, 0.1) is 17.0 Å². The molecule has 2 aliphatic heterocycles. The number of sulfone groups is 1. The molecule has 0 atom stereocenters. The van der Waals surface area contributed by atoms with Crippen LogP contribution in [0.4, 0.5) is 4.79 Å². The van der Waals surface area contributed by atoms with Crippen LogP contribution in [0.25, 0.3) is 0 Å². The zero-order valence-electron chi connectivity index (χ0n) is 20.8. The van der Waals surface area contributed by atoms with Gasteiger partial charge in [-0.05, 0) is 73.6 Å². The Bertz CT molecular complexity index is 935. The number of hydrogen-bond acceptors (Lipinski definition) is 8. The summed E-state index contributed by atoms with van der Waals surface area (Å²) in [6.45, 7) is 14.5. The number of piperidine rings is 1. The van der Waals surface area contributed by atoms with Crippen molar-refractivity contribution in [1.29, 1.82) is 0 Å². The minimum absolute atomic E-state index is 0.0278. The molecular formula is C22H36BN3O6S. The average Bonchev–Trinajstić information content (AvgIpc) is 2.93. The van der Waals surface area contributed by atoms with Crippen LogP contribution in [0.1, 0.15) is 67.7 Å². The van der Waals surface area contributed by atoms with Crippen LogP contribution in [0.5, 0.6) is 0 Å². The zero-order valence-corrected chi connectivity index (χ0v) is 21.6. The van der Waals surface area contributed by atoms with Gasteiger partial charge in [-0.15, -0.1) is 0 Å². The van der Waals surface area contributed by atoms with E-state index in [1.54, 1.807) is 4.90 Å². The third-order valence-electron chi connectivity index (χ3n) is 6.51. The summed E-state index contributed by atoms with van der Waals surface area (Å²) in [5.41, 5.74) is -0.940. The van der Waals surface area contributed by atoms with Gasteiger partial charge in [-0.2, -0.15) is 0 Å². The van der Waals surface area contributed by atoms with Crippen molar-refractivity contribution in [3.63, 3.8) is 0 Å². The topological polar surface area (TPSA) is 108 Å². The van der Waals surface area contributed by atoms with Crippen LogP contribution in [-0.4, -0.2) is 72.1 Å². The Morgan fingerprint density at radius 1 is 1.12 bits per heavy atom. The lowest BCUT2D eigenvalue weighted by Crippen LogP contribution is -2.42. The molecule has 0 aliphatic carbocycles. The van der Waals surface area contributed by atoms with Gasteiger partial charge in [0.25, 0.3) is 0 Å². The van der Waals surface area contributed by atoms with Crippen molar-refractivity contribution in [2.75, 3.05) is 18.8 Å². The molecule has 11 heteroatoms. The SMILES string of the molecule is CC(C)(C)OC(=O)N1CCC(CCS(=O)(=O)c2ncc(B3OC(C)(C)C(C)(C)O3)cn2)CC1. The average molecular weight is 481 g/mol. The van der Waals surface area contributed by atoms with Crippen LogP contribution in [0, 0.1) is 5.92 Å². The first-order valence-electron chi connectivity index (χ1n) is 11.5. The van der Waals surface area contributed by atoms with E-state index < -0.39 is 33.8 Å². The fourth-order valence-electron chi connectivity index (χ4n) is 3.73. The Labute approximate surface area is 197 Å². The minimum atomic E-state index is -3.61. The van der Waals surface area contributed by atoms with E-state index in [0.29, 0.717) is 25.0 Å². The highest BCUT2D eigenvalue weighted by Gasteiger charge is 2.52. The van der Waals surface area contributed by atoms with Crippen LogP contribution >= 0.6 is 0 Å². The summed E-state index contributed by atoms with van der Waals surface area (Å²) in [6.07, 6.45) is 4.60. The maximum absolute atomic E-state index is 12.8. The molecule has 1 aromatic heterocycles. The molecule has 2 aliphatic rings. The standard InChI is InChI=1S/C22H36BN3O6S/c1-20(2,3)30-19(27)26-11-8-16(9-12-26)10-13-33(28,29)18-24-14-17(15-25-18)23-31-21(4,5)22(6,7)32-23/h14-16H,8-13H2,1-7H3. The van der Waals surface area contributed by atoms with Gasteiger partial charge in [0, 0.05) is 30.9 Å². The number of ether oxygens (including phenoxy) is 1. The maximum atomic E-state index is 12.8. The molecule has 2 fully saturated rings. The first kappa shape index (κ1) is 25.9. The van der Waals surface area contributed by atoms with Gasteiger partial charge in [0.2, 0.25) is 15.0 Å². The Balaban J connectivity index is 1.52. The normalized spacial score (nSPS) is 21.3. The second-order valence-corrected chi connectivity index (χ2v) is 12.9. The summed E-state index contributed by atoms with van der Waals surface area (Å²) < 4.78 is 42.9. The van der Waals surface area contributed by atoms with Crippen molar-refractivity contribution in [2.45, 2.75) is 89.7 Å². The number of aromatic nitrogens is 2. The van der Waals surface area contributed by atoms with Crippen molar-refractivity contribution in [3.05, 3.63) is 12.4 Å². The zero-order chi connectivity index (χ0) is 24.7. The van der Waals surface area contributed by atoms with E-state index in [9.17, 15) is 13.2 Å². The molecular weight excluding hydrogens is 445 g/mol. The lowest BCUT2D eigenvalue weighted by atomic mass is 9.81. The Kier molecular flexibility index (Phi) is 7.18. The van der Waals surface area contributed by atoms with Gasteiger partial charge in [-0.25, -0.2) is 23.2 Å². The molecule has 184 valence electrons. The Morgan fingerprint density at radius 2 is 1.64 bits per heavy atom. The molecule has 0 aromatic carbocycles. The lowest BCUT2D eigenvalue weighted by molar-refractivity contribution is 0.00578. The number of hydrogen-bond donors (Lipinski definition) is 0. The molecule has 3 heterocycles. The highest BCUT2D eigenvalue weighted by molar-refractivity contribution is 7.91.